The van der Waals surface area contributed by atoms with E-state index < -0.39 is 0 Å². The van der Waals surface area contributed by atoms with Crippen LogP contribution in [-0.2, 0) is 4.79 Å². The maximum absolute atomic E-state index is 15.9. The number of Topliss-reactive ketones (excluding diaryl/α,β-unsaturated/α-hetero) is 1. The van der Waals surface area contributed by atoms with Gasteiger partial charge in [-0.15, -0.1) is 0 Å². The Labute approximate surface area is 290 Å². The zero-order chi connectivity index (χ0) is 35.1. The molecule has 2 aliphatic rings. The van der Waals surface area contributed by atoms with Gasteiger partial charge in [-0.2, -0.15) is 0 Å². The first-order valence-electron chi connectivity index (χ1n) is 17.8. The van der Waals surface area contributed by atoms with Crippen LogP contribution in [0.15, 0.2) is 48.5 Å². The third kappa shape index (κ3) is 5.38. The molecule has 2 heterocycles. The first-order chi connectivity index (χ1) is 22.5. The first-order valence-corrected chi connectivity index (χ1v) is 17.8. The molecule has 4 aromatic carbocycles. The van der Waals surface area contributed by atoms with Crippen molar-refractivity contribution in [3.05, 3.63) is 138 Å². The average Bonchev–Trinajstić information content (AvgIpc) is 2.94. The second-order valence-corrected chi connectivity index (χ2v) is 15.8. The molecule has 4 atom stereocenters. The van der Waals surface area contributed by atoms with Crippen LogP contribution in [0.25, 0.3) is 0 Å². The van der Waals surface area contributed by atoms with E-state index in [-0.39, 0.29) is 36.0 Å². The summed E-state index contributed by atoms with van der Waals surface area (Å²) in [6.45, 7) is 26.8. The van der Waals surface area contributed by atoms with Crippen molar-refractivity contribution in [1.82, 2.24) is 9.80 Å². The summed E-state index contributed by atoms with van der Waals surface area (Å²) in [5.41, 5.74) is 20.5. The van der Waals surface area contributed by atoms with Gasteiger partial charge in [-0.3, -0.25) is 14.6 Å². The van der Waals surface area contributed by atoms with Gasteiger partial charge >= 0.3 is 0 Å². The number of hydrogen-bond donors (Lipinski definition) is 0. The molecule has 0 spiro atoms. The Balaban J connectivity index is 1.73. The molecule has 6 rings (SSSR count). The number of hydrogen-bond acceptors (Lipinski definition) is 3. The molecule has 0 aliphatic carbocycles. The Bertz CT molecular complexity index is 1590. The third-order valence-electron chi connectivity index (χ3n) is 11.9. The molecule has 4 aromatic rings. The summed E-state index contributed by atoms with van der Waals surface area (Å²) < 4.78 is 0. The number of carbonyl (C=O) groups is 1. The van der Waals surface area contributed by atoms with Crippen LogP contribution in [0.2, 0.25) is 0 Å². The molecule has 0 aromatic heterocycles. The second kappa shape index (κ2) is 12.4. The summed E-state index contributed by atoms with van der Waals surface area (Å²) in [5.74, 6) is -0.0432. The number of piperidine rings is 2. The number of aryl methyl sites for hydroxylation is 12. The molecule has 3 heteroatoms. The molecule has 2 bridgehead atoms. The average molecular weight is 641 g/mol. The van der Waals surface area contributed by atoms with Crippen molar-refractivity contribution in [1.29, 1.82) is 0 Å². The maximum Gasteiger partial charge on any atom is 0.146 e. The highest BCUT2D eigenvalue weighted by Gasteiger charge is 2.60. The molecule has 2 fully saturated rings. The largest absolute Gasteiger partial charge is 0.299 e. The predicted octanol–water partition coefficient (Wildman–Crippen LogP) is 10.3. The number of fused-ring (bicyclic) bond motifs is 2. The predicted molar refractivity (Wildman–Crippen MR) is 201 cm³/mol. The molecule has 252 valence electrons. The van der Waals surface area contributed by atoms with E-state index in [4.69, 9.17) is 0 Å². The van der Waals surface area contributed by atoms with Gasteiger partial charge < -0.3 is 0 Å². The van der Waals surface area contributed by atoms with E-state index in [1.54, 1.807) is 0 Å². The summed E-state index contributed by atoms with van der Waals surface area (Å²) in [6.07, 6.45) is 0. The number of ketones is 1. The second-order valence-electron chi connectivity index (χ2n) is 15.8. The zero-order valence-electron chi connectivity index (χ0n) is 31.9. The van der Waals surface area contributed by atoms with E-state index in [1.807, 2.05) is 0 Å². The minimum Gasteiger partial charge on any atom is -0.299 e. The fraction of sp³-hybridized carbons (Fsp3) is 0.444. The van der Waals surface area contributed by atoms with Gasteiger partial charge in [-0.05, 0) is 164 Å². The van der Waals surface area contributed by atoms with Crippen LogP contribution >= 0.6 is 0 Å². The Morgan fingerprint density at radius 2 is 0.521 bits per heavy atom. The summed E-state index contributed by atoms with van der Waals surface area (Å²) in [6, 6.07) is 18.2. The van der Waals surface area contributed by atoms with Crippen molar-refractivity contribution in [2.45, 2.75) is 107 Å². The van der Waals surface area contributed by atoms with Gasteiger partial charge in [-0.25, -0.2) is 0 Å². The van der Waals surface area contributed by atoms with Gasteiger partial charge in [0.1, 0.15) is 5.78 Å². The molecule has 0 saturated carbocycles. The van der Waals surface area contributed by atoms with Crippen molar-refractivity contribution >= 4 is 5.78 Å². The standard InChI is InChI=1S/C45H56N2O/c1-23-15-27(5)35(28(6)16-23)41-39-42(36-29(7)17-24(2)18-30(36)8)47(14)44(38-33(11)21-26(4)22-34(38)12)40(45(39)48)43(46(41)13)37-31(9)19-25(3)20-32(37)10/h15-22,39-44H,1-14H3/t39?,40?,41-,42-,43+,44+. The number of likely N-dealkylation sites (tertiary alicyclic amines) is 2. The lowest BCUT2D eigenvalue weighted by molar-refractivity contribution is -0.161. The monoisotopic (exact) mass is 640 g/mol. The van der Waals surface area contributed by atoms with E-state index in [0.717, 1.165) is 0 Å². The zero-order valence-corrected chi connectivity index (χ0v) is 31.9. The van der Waals surface area contributed by atoms with Gasteiger partial charge in [-0.1, -0.05) is 70.8 Å². The Kier molecular flexibility index (Phi) is 8.88. The van der Waals surface area contributed by atoms with Gasteiger partial charge in [0.2, 0.25) is 0 Å². The molecular formula is C45H56N2O. The van der Waals surface area contributed by atoms with Gasteiger partial charge in [0, 0.05) is 24.2 Å². The molecule has 2 aliphatic heterocycles. The van der Waals surface area contributed by atoms with E-state index in [1.165, 1.54) is 89.0 Å². The van der Waals surface area contributed by atoms with Crippen molar-refractivity contribution in [2.75, 3.05) is 14.1 Å². The number of carbonyl (C=O) groups excluding carboxylic acids is 1. The number of nitrogens with zero attached hydrogens (tertiary/aromatic N) is 2. The lowest BCUT2D eigenvalue weighted by atomic mass is 9.60. The fourth-order valence-corrected chi connectivity index (χ4v) is 10.7. The lowest BCUT2D eigenvalue weighted by Crippen LogP contribution is -2.61. The minimum atomic E-state index is -0.227. The van der Waals surface area contributed by atoms with Crippen LogP contribution in [0.4, 0.5) is 0 Å². The quantitative estimate of drug-likeness (QED) is 0.222. The van der Waals surface area contributed by atoms with Gasteiger partial charge in [0.05, 0.1) is 11.8 Å². The Hall–Kier alpha value is -3.53. The van der Waals surface area contributed by atoms with Crippen LogP contribution in [0.5, 0.6) is 0 Å². The van der Waals surface area contributed by atoms with Crippen LogP contribution in [0.1, 0.15) is 113 Å². The van der Waals surface area contributed by atoms with Crippen LogP contribution in [-0.4, -0.2) is 29.7 Å². The fourth-order valence-electron chi connectivity index (χ4n) is 10.7. The van der Waals surface area contributed by atoms with E-state index in [0.29, 0.717) is 5.78 Å². The Morgan fingerprint density at radius 3 is 0.688 bits per heavy atom. The number of rotatable bonds is 4. The molecular weight excluding hydrogens is 585 g/mol. The molecule has 3 nitrogen and oxygen atoms in total. The SMILES string of the molecule is Cc1cc(C)c([C@@H]2C3C(=O)C([C@H](c4c(C)cc(C)cc4C)N2C)[C@H](c2c(C)cc(C)cc2C)N(C)[C@@H]3c2c(C)cc(C)cc2C)c(C)c1. The summed E-state index contributed by atoms with van der Waals surface area (Å²) in [7, 11) is 4.64. The van der Waals surface area contributed by atoms with Crippen LogP contribution in [0, 0.1) is 94.9 Å². The molecule has 0 N–H and O–H groups in total. The number of benzene rings is 4. The van der Waals surface area contributed by atoms with E-state index in [9.17, 15) is 0 Å². The smallest absolute Gasteiger partial charge is 0.146 e. The maximum atomic E-state index is 15.9. The van der Waals surface area contributed by atoms with Crippen molar-refractivity contribution < 1.29 is 4.79 Å². The van der Waals surface area contributed by atoms with Gasteiger partial charge in [0.25, 0.3) is 0 Å². The van der Waals surface area contributed by atoms with Crippen molar-refractivity contribution in [2.24, 2.45) is 11.8 Å². The van der Waals surface area contributed by atoms with Crippen molar-refractivity contribution in [3.63, 3.8) is 0 Å². The highest BCUT2D eigenvalue weighted by atomic mass is 16.1. The first kappa shape index (κ1) is 34.3. The molecule has 0 radical (unpaired) electrons. The van der Waals surface area contributed by atoms with Crippen molar-refractivity contribution in [3.8, 4) is 0 Å². The lowest BCUT2D eigenvalue weighted by Gasteiger charge is -2.60. The molecule has 2 saturated heterocycles. The van der Waals surface area contributed by atoms with E-state index >= 15 is 4.79 Å². The molecule has 0 unspecified atom stereocenters. The molecule has 48 heavy (non-hydrogen) atoms. The highest BCUT2D eigenvalue weighted by molar-refractivity contribution is 5.89. The third-order valence-corrected chi connectivity index (χ3v) is 11.9. The summed E-state index contributed by atoms with van der Waals surface area (Å²) in [4.78, 5) is 21.2. The Morgan fingerprint density at radius 1 is 0.354 bits per heavy atom. The van der Waals surface area contributed by atoms with Crippen LogP contribution in [0.3, 0.4) is 0 Å². The van der Waals surface area contributed by atoms with E-state index in [2.05, 4.69) is 156 Å². The topological polar surface area (TPSA) is 23.6 Å². The summed E-state index contributed by atoms with van der Waals surface area (Å²) >= 11 is 0. The molecule has 0 amide bonds. The minimum absolute atomic E-state index is 0.0758. The van der Waals surface area contributed by atoms with Crippen LogP contribution < -0.4 is 0 Å². The highest BCUT2D eigenvalue weighted by Crippen LogP contribution is 2.61. The summed E-state index contributed by atoms with van der Waals surface area (Å²) in [5, 5.41) is 0. The van der Waals surface area contributed by atoms with Gasteiger partial charge in [0.15, 0.2) is 0 Å². The normalized spacial score (nSPS) is 24.8.